The van der Waals surface area contributed by atoms with Crippen molar-refractivity contribution < 1.29 is 18.7 Å². The van der Waals surface area contributed by atoms with E-state index >= 15 is 0 Å². The van der Waals surface area contributed by atoms with Gasteiger partial charge in [0.2, 0.25) is 11.8 Å². The first-order valence-corrected chi connectivity index (χ1v) is 11.1. The standard InChI is InChI=1S/C27H27FN2O3/c1-33-25-9-5-2-6-21(25)17-26(31)30-15-14-29-27(32)22(18-30)16-19-10-12-20(13-11-19)23-7-3-4-8-24(23)28/h2-13,22H,14-18H2,1H3,(H,29,32)/t22-/m0/s1. The summed E-state index contributed by atoms with van der Waals surface area (Å²) in [5, 5.41) is 2.92. The second kappa shape index (κ2) is 10.3. The van der Waals surface area contributed by atoms with E-state index in [1.54, 1.807) is 30.2 Å². The van der Waals surface area contributed by atoms with Crippen LogP contribution in [0.3, 0.4) is 0 Å². The van der Waals surface area contributed by atoms with Crippen LogP contribution < -0.4 is 10.1 Å². The average molecular weight is 447 g/mol. The number of nitrogens with one attached hydrogen (secondary N) is 1. The molecule has 1 aliphatic heterocycles. The third kappa shape index (κ3) is 5.40. The minimum Gasteiger partial charge on any atom is -0.496 e. The third-order valence-corrected chi connectivity index (χ3v) is 6.00. The molecule has 4 rings (SSSR count). The molecule has 6 heteroatoms. The maximum Gasteiger partial charge on any atom is 0.227 e. The van der Waals surface area contributed by atoms with Crippen LogP contribution in [0.2, 0.25) is 0 Å². The van der Waals surface area contributed by atoms with Gasteiger partial charge in [-0.25, -0.2) is 4.39 Å². The molecule has 0 radical (unpaired) electrons. The second-order valence-corrected chi connectivity index (χ2v) is 8.20. The molecule has 1 saturated heterocycles. The van der Waals surface area contributed by atoms with Gasteiger partial charge in [-0.05, 0) is 29.7 Å². The Balaban J connectivity index is 1.45. The molecule has 0 unspecified atom stereocenters. The highest BCUT2D eigenvalue weighted by Gasteiger charge is 2.28. The van der Waals surface area contributed by atoms with Gasteiger partial charge in [0.15, 0.2) is 0 Å². The molecule has 1 N–H and O–H groups in total. The van der Waals surface area contributed by atoms with Gasteiger partial charge in [0.05, 0.1) is 19.4 Å². The Morgan fingerprint density at radius 2 is 1.79 bits per heavy atom. The van der Waals surface area contributed by atoms with Crippen LogP contribution in [0.4, 0.5) is 4.39 Å². The molecule has 1 atom stereocenters. The van der Waals surface area contributed by atoms with E-state index in [1.807, 2.05) is 48.5 Å². The monoisotopic (exact) mass is 446 g/mol. The van der Waals surface area contributed by atoms with E-state index in [4.69, 9.17) is 4.74 Å². The lowest BCUT2D eigenvalue weighted by atomic mass is 9.95. The molecule has 1 heterocycles. The third-order valence-electron chi connectivity index (χ3n) is 6.00. The summed E-state index contributed by atoms with van der Waals surface area (Å²) >= 11 is 0. The zero-order valence-corrected chi connectivity index (χ0v) is 18.6. The number of carbonyl (C=O) groups excluding carboxylic acids is 2. The molecular weight excluding hydrogens is 419 g/mol. The smallest absolute Gasteiger partial charge is 0.227 e. The number of amides is 2. The first-order valence-electron chi connectivity index (χ1n) is 11.1. The Labute approximate surface area is 193 Å². The SMILES string of the molecule is COc1ccccc1CC(=O)N1CCNC(=O)[C@@H](Cc2ccc(-c3ccccc3F)cc2)C1. The summed E-state index contributed by atoms with van der Waals surface area (Å²) in [5.41, 5.74) is 3.13. The van der Waals surface area contributed by atoms with Gasteiger partial charge in [0, 0.05) is 30.8 Å². The molecule has 1 fully saturated rings. The Hall–Kier alpha value is -3.67. The second-order valence-electron chi connectivity index (χ2n) is 8.20. The highest BCUT2D eigenvalue weighted by molar-refractivity contribution is 5.83. The van der Waals surface area contributed by atoms with Gasteiger partial charge in [-0.1, -0.05) is 60.7 Å². The minimum atomic E-state index is -0.353. The molecule has 0 aromatic heterocycles. The fraction of sp³-hybridized carbons (Fsp3) is 0.259. The molecule has 5 nitrogen and oxygen atoms in total. The maximum absolute atomic E-state index is 14.1. The summed E-state index contributed by atoms with van der Waals surface area (Å²) in [6.07, 6.45) is 0.726. The molecule has 33 heavy (non-hydrogen) atoms. The summed E-state index contributed by atoms with van der Waals surface area (Å²) in [7, 11) is 1.59. The predicted octanol–water partition coefficient (Wildman–Crippen LogP) is 3.86. The summed E-state index contributed by atoms with van der Waals surface area (Å²) in [4.78, 5) is 27.4. The number of ether oxygens (including phenoxy) is 1. The van der Waals surface area contributed by atoms with Gasteiger partial charge in [0.1, 0.15) is 11.6 Å². The summed E-state index contributed by atoms with van der Waals surface area (Å²) < 4.78 is 19.4. The molecular formula is C27H27FN2O3. The first kappa shape index (κ1) is 22.5. The van der Waals surface area contributed by atoms with Crippen molar-refractivity contribution in [2.75, 3.05) is 26.7 Å². The number of benzene rings is 3. The molecule has 0 saturated carbocycles. The zero-order valence-electron chi connectivity index (χ0n) is 18.6. The number of halogens is 1. The normalized spacial score (nSPS) is 16.1. The number of carbonyl (C=O) groups is 2. The topological polar surface area (TPSA) is 58.6 Å². The van der Waals surface area contributed by atoms with Crippen molar-refractivity contribution in [3.63, 3.8) is 0 Å². The Morgan fingerprint density at radius 1 is 1.06 bits per heavy atom. The van der Waals surface area contributed by atoms with Crippen LogP contribution >= 0.6 is 0 Å². The number of hydrogen-bond acceptors (Lipinski definition) is 3. The number of nitrogens with zero attached hydrogens (tertiary/aromatic N) is 1. The molecule has 3 aromatic rings. The van der Waals surface area contributed by atoms with Crippen LogP contribution in [-0.2, 0) is 22.4 Å². The fourth-order valence-electron chi connectivity index (χ4n) is 4.21. The van der Waals surface area contributed by atoms with Crippen molar-refractivity contribution in [2.45, 2.75) is 12.8 Å². The molecule has 1 aliphatic rings. The van der Waals surface area contributed by atoms with Crippen molar-refractivity contribution in [3.8, 4) is 16.9 Å². The Bertz CT molecular complexity index is 1130. The lowest BCUT2D eigenvalue weighted by Crippen LogP contribution is -2.38. The van der Waals surface area contributed by atoms with E-state index in [0.717, 1.165) is 16.7 Å². The number of rotatable bonds is 6. The highest BCUT2D eigenvalue weighted by Crippen LogP contribution is 2.24. The summed E-state index contributed by atoms with van der Waals surface area (Å²) in [6.45, 7) is 1.26. The largest absolute Gasteiger partial charge is 0.496 e. The Kier molecular flexibility index (Phi) is 7.03. The first-order chi connectivity index (χ1) is 16.0. The Morgan fingerprint density at radius 3 is 2.55 bits per heavy atom. The van der Waals surface area contributed by atoms with E-state index < -0.39 is 0 Å². The molecule has 170 valence electrons. The van der Waals surface area contributed by atoms with Crippen LogP contribution in [0, 0.1) is 11.7 Å². The number of para-hydroxylation sites is 1. The van der Waals surface area contributed by atoms with Gasteiger partial charge < -0.3 is 15.0 Å². The molecule has 2 amide bonds. The van der Waals surface area contributed by atoms with E-state index in [9.17, 15) is 14.0 Å². The van der Waals surface area contributed by atoms with E-state index in [0.29, 0.717) is 37.4 Å². The van der Waals surface area contributed by atoms with E-state index in [2.05, 4.69) is 5.32 Å². The molecule has 0 bridgehead atoms. The van der Waals surface area contributed by atoms with Crippen molar-refractivity contribution >= 4 is 11.8 Å². The molecule has 0 spiro atoms. The quantitative estimate of drug-likeness (QED) is 0.626. The van der Waals surface area contributed by atoms with E-state index in [-0.39, 0.29) is 30.0 Å². The van der Waals surface area contributed by atoms with Crippen LogP contribution in [-0.4, -0.2) is 43.5 Å². The number of hydrogen-bond donors (Lipinski definition) is 1. The summed E-state index contributed by atoms with van der Waals surface area (Å²) in [5.74, 6) is -0.0240. The van der Waals surface area contributed by atoms with Crippen LogP contribution in [0.1, 0.15) is 11.1 Å². The maximum atomic E-state index is 14.1. The fourth-order valence-corrected chi connectivity index (χ4v) is 4.21. The van der Waals surface area contributed by atoms with Gasteiger partial charge in [-0.2, -0.15) is 0 Å². The van der Waals surface area contributed by atoms with Crippen LogP contribution in [0.5, 0.6) is 5.75 Å². The van der Waals surface area contributed by atoms with Gasteiger partial charge in [0.25, 0.3) is 0 Å². The van der Waals surface area contributed by atoms with Gasteiger partial charge in [-0.15, -0.1) is 0 Å². The minimum absolute atomic E-state index is 0.0316. The predicted molar refractivity (Wildman–Crippen MR) is 125 cm³/mol. The van der Waals surface area contributed by atoms with Crippen LogP contribution in [0.25, 0.3) is 11.1 Å². The average Bonchev–Trinajstić information content (AvgIpc) is 3.02. The van der Waals surface area contributed by atoms with Crippen molar-refractivity contribution in [1.82, 2.24) is 10.2 Å². The van der Waals surface area contributed by atoms with Crippen molar-refractivity contribution in [3.05, 3.63) is 89.7 Å². The lowest BCUT2D eigenvalue weighted by Gasteiger charge is -2.24. The lowest BCUT2D eigenvalue weighted by molar-refractivity contribution is -0.131. The summed E-state index contributed by atoms with van der Waals surface area (Å²) in [6, 6.07) is 21.7. The van der Waals surface area contributed by atoms with E-state index in [1.165, 1.54) is 6.07 Å². The van der Waals surface area contributed by atoms with Gasteiger partial charge >= 0.3 is 0 Å². The van der Waals surface area contributed by atoms with Crippen molar-refractivity contribution in [1.29, 1.82) is 0 Å². The molecule has 3 aromatic carbocycles. The molecule has 0 aliphatic carbocycles. The zero-order chi connectivity index (χ0) is 23.2. The van der Waals surface area contributed by atoms with Gasteiger partial charge in [-0.3, -0.25) is 9.59 Å². The van der Waals surface area contributed by atoms with Crippen LogP contribution in [0.15, 0.2) is 72.8 Å². The highest BCUT2D eigenvalue weighted by atomic mass is 19.1. The van der Waals surface area contributed by atoms with Crippen molar-refractivity contribution in [2.24, 2.45) is 5.92 Å². The number of methoxy groups -OCH3 is 1.